The van der Waals surface area contributed by atoms with Gasteiger partial charge >= 0.3 is 0 Å². The van der Waals surface area contributed by atoms with Crippen molar-refractivity contribution in [1.29, 1.82) is 0 Å². The molecule has 27 heavy (non-hydrogen) atoms. The number of hydrogen-bond donors (Lipinski definition) is 2. The van der Waals surface area contributed by atoms with Gasteiger partial charge in [-0.1, -0.05) is 13.3 Å². The van der Waals surface area contributed by atoms with Crippen LogP contribution in [-0.2, 0) is 19.5 Å². The van der Waals surface area contributed by atoms with Gasteiger partial charge in [-0.2, -0.15) is 5.10 Å². The summed E-state index contributed by atoms with van der Waals surface area (Å²) in [4.78, 5) is 19.9. The Labute approximate surface area is 160 Å². The Morgan fingerprint density at radius 2 is 2.19 bits per heavy atom. The summed E-state index contributed by atoms with van der Waals surface area (Å²) in [7, 11) is 0. The number of aromatic amines is 1. The Bertz CT molecular complexity index is 788. The Morgan fingerprint density at radius 3 is 2.93 bits per heavy atom. The van der Waals surface area contributed by atoms with Gasteiger partial charge in [-0.25, -0.2) is 4.98 Å². The molecule has 0 bridgehead atoms. The van der Waals surface area contributed by atoms with Gasteiger partial charge in [0.05, 0.1) is 6.54 Å². The predicted molar refractivity (Wildman–Crippen MR) is 103 cm³/mol. The number of hydrogen-bond acceptors (Lipinski definition) is 4. The zero-order valence-electron chi connectivity index (χ0n) is 16.4. The number of amides is 1. The smallest absolute Gasteiger partial charge is 0.275 e. The lowest BCUT2D eigenvalue weighted by atomic mass is 9.93. The van der Waals surface area contributed by atoms with Crippen LogP contribution in [0.25, 0.3) is 0 Å². The van der Waals surface area contributed by atoms with Crippen LogP contribution in [0.3, 0.4) is 0 Å². The van der Waals surface area contributed by atoms with E-state index in [0.717, 1.165) is 63.3 Å². The van der Waals surface area contributed by atoms with E-state index >= 15 is 0 Å². The van der Waals surface area contributed by atoms with E-state index in [1.807, 2.05) is 23.4 Å². The molecule has 3 heterocycles. The maximum Gasteiger partial charge on any atom is 0.275 e. The molecule has 0 aromatic carbocycles. The monoisotopic (exact) mass is 370 g/mol. The highest BCUT2D eigenvalue weighted by molar-refractivity contribution is 5.93. The number of nitrogens with zero attached hydrogens (tertiary/aromatic N) is 4. The highest BCUT2D eigenvalue weighted by Crippen LogP contribution is 2.56. The van der Waals surface area contributed by atoms with Crippen molar-refractivity contribution in [3.05, 3.63) is 35.7 Å². The van der Waals surface area contributed by atoms with Crippen molar-refractivity contribution in [1.82, 2.24) is 30.0 Å². The summed E-state index contributed by atoms with van der Waals surface area (Å²) in [5.74, 6) is 0.978. The fourth-order valence-corrected chi connectivity index (χ4v) is 4.50. The number of aryl methyl sites for hydroxylation is 2. The third kappa shape index (κ3) is 3.52. The molecule has 1 saturated heterocycles. The van der Waals surface area contributed by atoms with Crippen molar-refractivity contribution in [2.24, 2.45) is 5.41 Å². The Morgan fingerprint density at radius 1 is 1.37 bits per heavy atom. The molecule has 7 nitrogen and oxygen atoms in total. The molecular weight excluding hydrogens is 340 g/mol. The standard InChI is InChI=1S/C20H30N6O/c1-3-5-15-12-16(24-23-15)19(27)26(14-18-22-10-11-25(18)4-2)17-13-20(17)6-8-21-9-7-20/h10-12,17,21H,3-9,13-14H2,1-2H3,(H,23,24). The van der Waals surface area contributed by atoms with Crippen LogP contribution in [0.1, 0.15) is 61.5 Å². The molecule has 2 fully saturated rings. The van der Waals surface area contributed by atoms with Gasteiger partial charge in [0.1, 0.15) is 11.5 Å². The number of imidazole rings is 1. The summed E-state index contributed by atoms with van der Waals surface area (Å²) < 4.78 is 2.12. The van der Waals surface area contributed by atoms with E-state index in [2.05, 4.69) is 38.9 Å². The highest BCUT2D eigenvalue weighted by atomic mass is 16.2. The third-order valence-corrected chi connectivity index (χ3v) is 6.21. The molecular formula is C20H30N6O. The summed E-state index contributed by atoms with van der Waals surface area (Å²) in [5, 5.41) is 10.8. The van der Waals surface area contributed by atoms with Crippen molar-refractivity contribution < 1.29 is 4.79 Å². The van der Waals surface area contributed by atoms with E-state index in [0.29, 0.717) is 18.3 Å². The first-order chi connectivity index (χ1) is 13.2. The highest BCUT2D eigenvalue weighted by Gasteiger charge is 2.58. The van der Waals surface area contributed by atoms with Crippen molar-refractivity contribution in [2.45, 2.75) is 65.1 Å². The largest absolute Gasteiger partial charge is 0.334 e. The van der Waals surface area contributed by atoms with Crippen LogP contribution in [0.2, 0.25) is 0 Å². The van der Waals surface area contributed by atoms with Gasteiger partial charge in [0.25, 0.3) is 5.91 Å². The number of carbonyl (C=O) groups excluding carboxylic acids is 1. The molecule has 1 aliphatic heterocycles. The zero-order valence-corrected chi connectivity index (χ0v) is 16.4. The first kappa shape index (κ1) is 18.2. The molecule has 4 rings (SSSR count). The second-order valence-electron chi connectivity index (χ2n) is 7.92. The molecule has 146 valence electrons. The Hall–Kier alpha value is -2.15. The van der Waals surface area contributed by atoms with Gasteiger partial charge < -0.3 is 14.8 Å². The molecule has 2 aliphatic rings. The summed E-state index contributed by atoms with van der Waals surface area (Å²) in [5.41, 5.74) is 1.85. The van der Waals surface area contributed by atoms with Gasteiger partial charge in [-0.05, 0) is 57.2 Å². The molecule has 2 aromatic rings. The molecule has 1 spiro atoms. The number of carbonyl (C=O) groups is 1. The molecule has 1 saturated carbocycles. The quantitative estimate of drug-likeness (QED) is 0.784. The molecule has 1 aliphatic carbocycles. The van der Waals surface area contributed by atoms with Gasteiger partial charge in [-0.15, -0.1) is 0 Å². The molecule has 1 amide bonds. The summed E-state index contributed by atoms with van der Waals surface area (Å²) in [6, 6.07) is 2.21. The van der Waals surface area contributed by atoms with Crippen LogP contribution >= 0.6 is 0 Å². The first-order valence-corrected chi connectivity index (χ1v) is 10.2. The second-order valence-corrected chi connectivity index (χ2v) is 7.92. The number of piperidine rings is 1. The lowest BCUT2D eigenvalue weighted by Gasteiger charge is -2.29. The maximum atomic E-state index is 13.4. The minimum atomic E-state index is 0.0275. The minimum Gasteiger partial charge on any atom is -0.334 e. The molecule has 7 heteroatoms. The van der Waals surface area contributed by atoms with E-state index in [9.17, 15) is 4.79 Å². The van der Waals surface area contributed by atoms with E-state index in [1.54, 1.807) is 0 Å². The molecule has 2 aromatic heterocycles. The molecule has 2 N–H and O–H groups in total. The lowest BCUT2D eigenvalue weighted by Crippen LogP contribution is -2.39. The van der Waals surface area contributed by atoms with Crippen LogP contribution in [-0.4, -0.2) is 49.7 Å². The van der Waals surface area contributed by atoms with Crippen molar-refractivity contribution in [2.75, 3.05) is 13.1 Å². The fourth-order valence-electron chi connectivity index (χ4n) is 4.50. The van der Waals surface area contributed by atoms with Crippen molar-refractivity contribution in [3.63, 3.8) is 0 Å². The normalized spacial score (nSPS) is 20.7. The minimum absolute atomic E-state index is 0.0275. The average molecular weight is 371 g/mol. The van der Waals surface area contributed by atoms with E-state index < -0.39 is 0 Å². The number of nitrogens with one attached hydrogen (secondary N) is 2. The molecule has 1 atom stereocenters. The predicted octanol–water partition coefficient (Wildman–Crippen LogP) is 2.36. The van der Waals surface area contributed by atoms with Gasteiger partial charge in [-0.3, -0.25) is 9.89 Å². The van der Waals surface area contributed by atoms with E-state index in [1.165, 1.54) is 0 Å². The van der Waals surface area contributed by atoms with Crippen LogP contribution in [0.4, 0.5) is 0 Å². The zero-order chi connectivity index (χ0) is 18.9. The van der Waals surface area contributed by atoms with Crippen LogP contribution in [0.15, 0.2) is 18.5 Å². The first-order valence-electron chi connectivity index (χ1n) is 10.2. The van der Waals surface area contributed by atoms with Crippen molar-refractivity contribution in [3.8, 4) is 0 Å². The number of rotatable bonds is 7. The van der Waals surface area contributed by atoms with E-state index in [4.69, 9.17) is 0 Å². The number of H-pyrrole nitrogens is 1. The molecule has 1 unspecified atom stereocenters. The number of aromatic nitrogens is 4. The molecule has 0 radical (unpaired) electrons. The summed E-state index contributed by atoms with van der Waals surface area (Å²) in [6.07, 6.45) is 9.14. The third-order valence-electron chi connectivity index (χ3n) is 6.21. The summed E-state index contributed by atoms with van der Waals surface area (Å²) in [6.45, 7) is 7.74. The maximum absolute atomic E-state index is 13.4. The second kappa shape index (κ2) is 7.46. The van der Waals surface area contributed by atoms with Crippen molar-refractivity contribution >= 4 is 5.91 Å². The van der Waals surface area contributed by atoms with Crippen LogP contribution in [0, 0.1) is 5.41 Å². The lowest BCUT2D eigenvalue weighted by molar-refractivity contribution is 0.0679. The fraction of sp³-hybridized carbons (Fsp3) is 0.650. The van der Waals surface area contributed by atoms with E-state index in [-0.39, 0.29) is 11.3 Å². The van der Waals surface area contributed by atoms with Crippen LogP contribution in [0.5, 0.6) is 0 Å². The van der Waals surface area contributed by atoms with Gasteiger partial charge in [0.2, 0.25) is 0 Å². The average Bonchev–Trinajstić information content (AvgIpc) is 3.06. The topological polar surface area (TPSA) is 78.8 Å². The SMILES string of the molecule is CCCc1cc(C(=O)N(Cc2nccn2CC)C2CC23CCNCC3)n[nH]1. The van der Waals surface area contributed by atoms with Gasteiger partial charge in [0.15, 0.2) is 0 Å². The van der Waals surface area contributed by atoms with Gasteiger partial charge in [0, 0.05) is 30.7 Å². The Kier molecular flexibility index (Phi) is 5.04. The summed E-state index contributed by atoms with van der Waals surface area (Å²) >= 11 is 0. The Balaban J connectivity index is 1.58. The van der Waals surface area contributed by atoms with Crippen LogP contribution < -0.4 is 5.32 Å².